The Morgan fingerprint density at radius 3 is 2.79 bits per heavy atom. The Labute approximate surface area is 162 Å². The maximum absolute atomic E-state index is 13.0. The number of para-hydroxylation sites is 1. The second-order valence-electron chi connectivity index (χ2n) is 7.28. The van der Waals surface area contributed by atoms with Crippen molar-refractivity contribution in [2.45, 2.75) is 32.0 Å². The number of hydrogen-bond acceptors (Lipinski definition) is 5. The molecule has 0 aliphatic carbocycles. The van der Waals surface area contributed by atoms with E-state index >= 15 is 0 Å². The van der Waals surface area contributed by atoms with Crippen LogP contribution in [-0.2, 0) is 20.1 Å². The lowest BCUT2D eigenvalue weighted by Crippen LogP contribution is -2.33. The minimum absolute atomic E-state index is 0.00101. The van der Waals surface area contributed by atoms with E-state index < -0.39 is 0 Å². The second-order valence-corrected chi connectivity index (χ2v) is 7.28. The van der Waals surface area contributed by atoms with Crippen LogP contribution in [-0.4, -0.2) is 37.3 Å². The number of aryl methyl sites for hydroxylation is 1. The molecule has 1 fully saturated rings. The van der Waals surface area contributed by atoms with Crippen LogP contribution < -0.4 is 11.1 Å². The van der Waals surface area contributed by atoms with Crippen LogP contribution in [0.3, 0.4) is 0 Å². The molecule has 1 saturated heterocycles. The first-order valence-corrected chi connectivity index (χ1v) is 9.58. The highest BCUT2D eigenvalue weighted by Gasteiger charge is 2.30. The van der Waals surface area contributed by atoms with Crippen molar-refractivity contribution >= 4 is 10.9 Å². The molecule has 1 atom stereocenters. The predicted molar refractivity (Wildman–Crippen MR) is 107 cm³/mol. The number of likely N-dealkylation sites (tertiary alicyclic amines) is 1. The molecule has 0 amide bonds. The van der Waals surface area contributed by atoms with Gasteiger partial charge in [0, 0.05) is 25.9 Å². The summed E-state index contributed by atoms with van der Waals surface area (Å²) in [7, 11) is 1.75. The third-order valence-electron chi connectivity index (χ3n) is 5.41. The van der Waals surface area contributed by atoms with Gasteiger partial charge in [0.2, 0.25) is 5.56 Å². The standard InChI is InChI=1S/C21H24N4O3/c1-23-13-15(8-9-19(23)27)14-24-10-4-7-18(24)20-22-17-6-3-2-5-16(17)21(28)25(20)11-12-26/h2-3,5-6,8-9,13,18,26H,4,7,10-12,14H2,1H3. The van der Waals surface area contributed by atoms with Crippen LogP contribution in [0.25, 0.3) is 10.9 Å². The zero-order chi connectivity index (χ0) is 19.7. The van der Waals surface area contributed by atoms with Gasteiger partial charge in [0.25, 0.3) is 5.56 Å². The summed E-state index contributed by atoms with van der Waals surface area (Å²) in [6, 6.07) is 10.8. The van der Waals surface area contributed by atoms with Crippen molar-refractivity contribution in [3.05, 3.63) is 74.7 Å². The van der Waals surface area contributed by atoms with Crippen molar-refractivity contribution in [3.63, 3.8) is 0 Å². The average molecular weight is 380 g/mol. The molecule has 1 aromatic carbocycles. The molecule has 7 nitrogen and oxygen atoms in total. The van der Waals surface area contributed by atoms with Crippen LogP contribution in [0.4, 0.5) is 0 Å². The van der Waals surface area contributed by atoms with Crippen molar-refractivity contribution in [2.24, 2.45) is 7.05 Å². The number of aliphatic hydroxyl groups excluding tert-OH is 1. The van der Waals surface area contributed by atoms with Crippen molar-refractivity contribution in [3.8, 4) is 0 Å². The van der Waals surface area contributed by atoms with Crippen LogP contribution in [0.5, 0.6) is 0 Å². The summed E-state index contributed by atoms with van der Waals surface area (Å²) >= 11 is 0. The van der Waals surface area contributed by atoms with Gasteiger partial charge in [-0.25, -0.2) is 4.98 Å². The summed E-state index contributed by atoms with van der Waals surface area (Å²) in [6.45, 7) is 1.70. The Morgan fingerprint density at radius 2 is 2.00 bits per heavy atom. The Bertz CT molecular complexity index is 1120. The molecule has 0 saturated carbocycles. The topological polar surface area (TPSA) is 80.4 Å². The highest BCUT2D eigenvalue weighted by molar-refractivity contribution is 5.77. The van der Waals surface area contributed by atoms with Gasteiger partial charge in [-0.15, -0.1) is 0 Å². The number of aromatic nitrogens is 3. The first-order chi connectivity index (χ1) is 13.6. The first-order valence-electron chi connectivity index (χ1n) is 9.58. The predicted octanol–water partition coefficient (Wildman–Crippen LogP) is 1.42. The Morgan fingerprint density at radius 1 is 1.18 bits per heavy atom. The van der Waals surface area contributed by atoms with Gasteiger partial charge < -0.3 is 9.67 Å². The second kappa shape index (κ2) is 7.69. The van der Waals surface area contributed by atoms with Gasteiger partial charge in [0.05, 0.1) is 30.1 Å². The average Bonchev–Trinajstić information content (AvgIpc) is 3.15. The lowest BCUT2D eigenvalue weighted by atomic mass is 10.1. The van der Waals surface area contributed by atoms with Crippen LogP contribution in [0.15, 0.2) is 52.2 Å². The summed E-state index contributed by atoms with van der Waals surface area (Å²) in [4.78, 5) is 31.8. The van der Waals surface area contributed by atoms with E-state index in [9.17, 15) is 14.7 Å². The van der Waals surface area contributed by atoms with E-state index in [1.165, 1.54) is 0 Å². The summed E-state index contributed by atoms with van der Waals surface area (Å²) < 4.78 is 3.20. The molecule has 4 rings (SSSR count). The van der Waals surface area contributed by atoms with E-state index in [4.69, 9.17) is 4.98 Å². The number of rotatable bonds is 5. The fourth-order valence-corrected chi connectivity index (χ4v) is 4.04. The molecule has 1 unspecified atom stereocenters. The third-order valence-corrected chi connectivity index (χ3v) is 5.41. The summed E-state index contributed by atoms with van der Waals surface area (Å²) in [5.41, 5.74) is 1.59. The van der Waals surface area contributed by atoms with Crippen molar-refractivity contribution in [1.82, 2.24) is 19.0 Å². The monoisotopic (exact) mass is 380 g/mol. The number of pyridine rings is 1. The smallest absolute Gasteiger partial charge is 0.261 e. The van der Waals surface area contributed by atoms with E-state index in [1.807, 2.05) is 30.5 Å². The summed E-state index contributed by atoms with van der Waals surface area (Å²) in [5, 5.41) is 10.1. The maximum Gasteiger partial charge on any atom is 0.261 e. The molecule has 146 valence electrons. The molecular formula is C21H24N4O3. The number of nitrogens with zero attached hydrogens (tertiary/aromatic N) is 4. The number of aliphatic hydroxyl groups is 1. The lowest BCUT2D eigenvalue weighted by Gasteiger charge is -2.26. The first kappa shape index (κ1) is 18.6. The van der Waals surface area contributed by atoms with Crippen molar-refractivity contribution in [1.29, 1.82) is 0 Å². The van der Waals surface area contributed by atoms with Gasteiger partial charge in [-0.3, -0.25) is 19.1 Å². The molecule has 3 aromatic rings. The van der Waals surface area contributed by atoms with Gasteiger partial charge in [-0.2, -0.15) is 0 Å². The molecular weight excluding hydrogens is 356 g/mol. The van der Waals surface area contributed by atoms with Gasteiger partial charge >= 0.3 is 0 Å². The Kier molecular flexibility index (Phi) is 5.11. The molecule has 2 aromatic heterocycles. The largest absolute Gasteiger partial charge is 0.395 e. The van der Waals surface area contributed by atoms with Crippen molar-refractivity contribution in [2.75, 3.05) is 13.2 Å². The fourth-order valence-electron chi connectivity index (χ4n) is 4.04. The van der Waals surface area contributed by atoms with E-state index in [-0.39, 0.29) is 30.3 Å². The summed E-state index contributed by atoms with van der Waals surface area (Å²) in [5.74, 6) is 0.708. The zero-order valence-corrected chi connectivity index (χ0v) is 15.9. The molecule has 28 heavy (non-hydrogen) atoms. The molecule has 1 N–H and O–H groups in total. The highest BCUT2D eigenvalue weighted by Crippen LogP contribution is 2.32. The van der Waals surface area contributed by atoms with Gasteiger partial charge in [0.15, 0.2) is 0 Å². The molecule has 0 radical (unpaired) electrons. The molecule has 0 spiro atoms. The molecule has 0 bridgehead atoms. The summed E-state index contributed by atoms with van der Waals surface area (Å²) in [6.07, 6.45) is 3.77. The van der Waals surface area contributed by atoms with E-state index in [1.54, 1.807) is 28.3 Å². The van der Waals surface area contributed by atoms with Crippen LogP contribution >= 0.6 is 0 Å². The van der Waals surface area contributed by atoms with Gasteiger partial charge in [-0.05, 0) is 37.1 Å². The Balaban J connectivity index is 1.75. The minimum Gasteiger partial charge on any atom is -0.395 e. The van der Waals surface area contributed by atoms with E-state index in [0.717, 1.165) is 24.9 Å². The van der Waals surface area contributed by atoms with Crippen LogP contribution in [0.1, 0.15) is 30.3 Å². The minimum atomic E-state index is -0.111. The molecule has 3 heterocycles. The maximum atomic E-state index is 13.0. The molecule has 1 aliphatic heterocycles. The SMILES string of the molecule is Cn1cc(CN2CCCC2c2nc3ccccc3c(=O)n2CCO)ccc1=O. The fraction of sp³-hybridized carbons (Fsp3) is 0.381. The number of fused-ring (bicyclic) bond motifs is 1. The van der Waals surface area contributed by atoms with Crippen molar-refractivity contribution < 1.29 is 5.11 Å². The zero-order valence-electron chi connectivity index (χ0n) is 15.9. The highest BCUT2D eigenvalue weighted by atomic mass is 16.3. The molecule has 7 heteroatoms. The Hall–Kier alpha value is -2.77. The normalized spacial score (nSPS) is 17.4. The van der Waals surface area contributed by atoms with Crippen LogP contribution in [0, 0.1) is 0 Å². The number of hydrogen-bond donors (Lipinski definition) is 1. The third kappa shape index (κ3) is 3.39. The van der Waals surface area contributed by atoms with Gasteiger partial charge in [-0.1, -0.05) is 18.2 Å². The van der Waals surface area contributed by atoms with Gasteiger partial charge in [0.1, 0.15) is 5.82 Å². The molecule has 1 aliphatic rings. The quantitative estimate of drug-likeness (QED) is 0.724. The number of benzene rings is 1. The lowest BCUT2D eigenvalue weighted by molar-refractivity contribution is 0.223. The van der Waals surface area contributed by atoms with E-state index in [2.05, 4.69) is 4.90 Å². The van der Waals surface area contributed by atoms with Crippen LogP contribution in [0.2, 0.25) is 0 Å². The van der Waals surface area contributed by atoms with E-state index in [0.29, 0.717) is 23.3 Å².